The summed E-state index contributed by atoms with van der Waals surface area (Å²) < 4.78 is 6.80. The fraction of sp³-hybridized carbons (Fsp3) is 0.278. The van der Waals surface area contributed by atoms with Crippen LogP contribution < -0.4 is 5.63 Å². The molecule has 3 rings (SSSR count). The Labute approximate surface area is 133 Å². The molecule has 5 nitrogen and oxygen atoms in total. The van der Waals surface area contributed by atoms with Crippen molar-refractivity contribution in [2.45, 2.75) is 33.6 Å². The quantitative estimate of drug-likeness (QED) is 0.727. The van der Waals surface area contributed by atoms with Gasteiger partial charge in [-0.3, -0.25) is 9.36 Å². The number of hydrogen-bond acceptors (Lipinski definition) is 4. The average molecular weight is 310 g/mol. The predicted octanol–water partition coefficient (Wildman–Crippen LogP) is 3.42. The third-order valence-electron chi connectivity index (χ3n) is 4.02. The first-order chi connectivity index (χ1) is 10.9. The number of nitrogens with zero attached hydrogens (tertiary/aromatic N) is 2. The molecule has 0 saturated heterocycles. The molecule has 0 atom stereocenters. The maximum absolute atomic E-state index is 12.9. The monoisotopic (exact) mass is 310 g/mol. The minimum Gasteiger partial charge on any atom is -0.407 e. The molecule has 0 saturated carbocycles. The lowest BCUT2D eigenvalue weighted by Gasteiger charge is -2.07. The van der Waals surface area contributed by atoms with Gasteiger partial charge in [0.25, 0.3) is 5.91 Å². The number of hydrogen-bond donors (Lipinski definition) is 0. The lowest BCUT2D eigenvalue weighted by molar-refractivity contribution is 0.0962. The first-order valence-electron chi connectivity index (χ1n) is 7.54. The Morgan fingerprint density at radius 1 is 1.17 bits per heavy atom. The van der Waals surface area contributed by atoms with E-state index in [9.17, 15) is 9.59 Å². The Morgan fingerprint density at radius 3 is 2.43 bits per heavy atom. The molecule has 0 bridgehead atoms. The van der Waals surface area contributed by atoms with Crippen molar-refractivity contribution in [2.75, 3.05) is 0 Å². The van der Waals surface area contributed by atoms with Crippen molar-refractivity contribution in [1.82, 2.24) is 9.55 Å². The maximum atomic E-state index is 12.9. The van der Waals surface area contributed by atoms with Crippen LogP contribution in [0.4, 0.5) is 0 Å². The number of carbonyl (C=O) groups is 1. The zero-order valence-electron chi connectivity index (χ0n) is 13.6. The van der Waals surface area contributed by atoms with E-state index in [1.54, 1.807) is 19.1 Å². The summed E-state index contributed by atoms with van der Waals surface area (Å²) in [6.45, 7) is 7.40. The molecule has 0 aliphatic rings. The minimum absolute atomic E-state index is 0.0390. The van der Waals surface area contributed by atoms with Crippen LogP contribution in [0.1, 0.15) is 47.3 Å². The highest BCUT2D eigenvalue weighted by Gasteiger charge is 2.23. The molecule has 0 aliphatic heterocycles. The second kappa shape index (κ2) is 5.50. The number of fused-ring (bicyclic) bond motifs is 1. The summed E-state index contributed by atoms with van der Waals surface area (Å²) in [7, 11) is 0. The van der Waals surface area contributed by atoms with Crippen LogP contribution in [0.5, 0.6) is 0 Å². The fourth-order valence-corrected chi connectivity index (χ4v) is 2.62. The zero-order valence-corrected chi connectivity index (χ0v) is 13.6. The van der Waals surface area contributed by atoms with Gasteiger partial charge in [-0.25, -0.2) is 4.79 Å². The molecule has 118 valence electrons. The summed E-state index contributed by atoms with van der Waals surface area (Å²) in [5, 5.41) is 0.371. The van der Waals surface area contributed by atoms with Crippen molar-refractivity contribution in [1.29, 1.82) is 0 Å². The molecule has 0 fully saturated rings. The Balaban J connectivity index is 2.35. The molecule has 0 aliphatic carbocycles. The molecule has 23 heavy (non-hydrogen) atoms. The lowest BCUT2D eigenvalue weighted by atomic mass is 10.2. The number of carbonyl (C=O) groups excluding carboxylic acids is 1. The van der Waals surface area contributed by atoms with E-state index in [-0.39, 0.29) is 11.8 Å². The van der Waals surface area contributed by atoms with Crippen LogP contribution in [0.15, 0.2) is 39.5 Å². The summed E-state index contributed by atoms with van der Waals surface area (Å²) in [4.78, 5) is 29.6. The van der Waals surface area contributed by atoms with E-state index in [0.29, 0.717) is 28.2 Å². The van der Waals surface area contributed by atoms with Gasteiger partial charge in [0, 0.05) is 17.2 Å². The van der Waals surface area contributed by atoms with Crippen LogP contribution in [0.2, 0.25) is 0 Å². The highest BCUT2D eigenvalue weighted by molar-refractivity contribution is 6.02. The van der Waals surface area contributed by atoms with Gasteiger partial charge >= 0.3 is 5.63 Å². The van der Waals surface area contributed by atoms with Crippen LogP contribution in [0.3, 0.4) is 0 Å². The first-order valence-corrected chi connectivity index (χ1v) is 7.54. The Hall–Kier alpha value is -2.69. The van der Waals surface area contributed by atoms with Crippen molar-refractivity contribution in [3.8, 4) is 0 Å². The number of aryl methyl sites for hydroxylation is 1. The van der Waals surface area contributed by atoms with Gasteiger partial charge in [-0.15, -0.1) is 0 Å². The first kappa shape index (κ1) is 15.2. The Kier molecular flexibility index (Phi) is 3.64. The predicted molar refractivity (Wildman–Crippen MR) is 88.0 cm³/mol. The maximum Gasteiger partial charge on any atom is 0.348 e. The smallest absolute Gasteiger partial charge is 0.348 e. The number of benzene rings is 1. The Morgan fingerprint density at radius 2 is 1.83 bits per heavy atom. The summed E-state index contributed by atoms with van der Waals surface area (Å²) in [6, 6.07) is 8.97. The van der Waals surface area contributed by atoms with Gasteiger partial charge in [0.15, 0.2) is 5.65 Å². The van der Waals surface area contributed by atoms with E-state index in [1.807, 2.05) is 39.0 Å². The van der Waals surface area contributed by atoms with Crippen LogP contribution in [-0.2, 0) is 0 Å². The molecule has 0 amide bonds. The van der Waals surface area contributed by atoms with Crippen molar-refractivity contribution in [3.05, 3.63) is 63.5 Å². The number of aromatic nitrogens is 2. The average Bonchev–Trinajstić information content (AvgIpc) is 2.79. The molecule has 0 N–H and O–H groups in total. The molecular weight excluding hydrogens is 292 g/mol. The van der Waals surface area contributed by atoms with Gasteiger partial charge in [-0.2, -0.15) is 4.98 Å². The van der Waals surface area contributed by atoms with Gasteiger partial charge in [0.2, 0.25) is 5.89 Å². The fourth-order valence-electron chi connectivity index (χ4n) is 2.62. The van der Waals surface area contributed by atoms with Gasteiger partial charge in [0.1, 0.15) is 5.39 Å². The molecular formula is C18H18N2O3. The normalized spacial score (nSPS) is 11.3. The third kappa shape index (κ3) is 2.38. The van der Waals surface area contributed by atoms with Crippen molar-refractivity contribution >= 4 is 16.9 Å². The van der Waals surface area contributed by atoms with Crippen LogP contribution in [0.25, 0.3) is 11.0 Å². The molecule has 0 unspecified atom stereocenters. The van der Waals surface area contributed by atoms with Crippen molar-refractivity contribution in [2.24, 2.45) is 0 Å². The van der Waals surface area contributed by atoms with E-state index < -0.39 is 5.63 Å². The molecule has 2 heterocycles. The van der Waals surface area contributed by atoms with Gasteiger partial charge in [-0.05, 0) is 31.5 Å². The molecule has 3 aromatic rings. The molecule has 0 radical (unpaired) electrons. The van der Waals surface area contributed by atoms with Crippen molar-refractivity contribution in [3.63, 3.8) is 0 Å². The summed E-state index contributed by atoms with van der Waals surface area (Å²) in [5.74, 6) is 0.0963. The highest BCUT2D eigenvalue weighted by Crippen LogP contribution is 2.24. The summed E-state index contributed by atoms with van der Waals surface area (Å²) in [6.07, 6.45) is 0. The lowest BCUT2D eigenvalue weighted by Crippen LogP contribution is -2.15. The van der Waals surface area contributed by atoms with E-state index in [0.717, 1.165) is 5.56 Å². The standard InChI is InChI=1S/C18H18N2O3/c1-10(2)16-19-15-14(18(22)23-16)11(3)12(4)20(15)17(21)13-8-6-5-7-9-13/h5-10H,1-4H3. The molecule has 0 spiro atoms. The minimum atomic E-state index is -0.445. The molecule has 2 aromatic heterocycles. The van der Waals surface area contributed by atoms with Crippen LogP contribution in [-0.4, -0.2) is 15.5 Å². The van der Waals surface area contributed by atoms with Gasteiger partial charge < -0.3 is 4.42 Å². The molecule has 5 heteroatoms. The van der Waals surface area contributed by atoms with E-state index in [4.69, 9.17) is 4.42 Å². The highest BCUT2D eigenvalue weighted by atomic mass is 16.4. The Bertz CT molecular complexity index is 950. The number of rotatable bonds is 2. The second-order valence-electron chi connectivity index (χ2n) is 5.91. The van der Waals surface area contributed by atoms with E-state index in [1.165, 1.54) is 4.57 Å². The van der Waals surface area contributed by atoms with Crippen LogP contribution in [0, 0.1) is 13.8 Å². The summed E-state index contributed by atoms with van der Waals surface area (Å²) in [5.41, 5.74) is 1.90. The SMILES string of the molecule is Cc1c(C)n(C(=O)c2ccccc2)c2nc(C(C)C)oc(=O)c12. The van der Waals surface area contributed by atoms with Crippen LogP contribution >= 0.6 is 0 Å². The second-order valence-corrected chi connectivity index (χ2v) is 5.91. The van der Waals surface area contributed by atoms with Gasteiger partial charge in [0.05, 0.1) is 0 Å². The van der Waals surface area contributed by atoms with E-state index >= 15 is 0 Å². The zero-order chi connectivity index (χ0) is 16.7. The summed E-state index contributed by atoms with van der Waals surface area (Å²) >= 11 is 0. The largest absolute Gasteiger partial charge is 0.407 e. The van der Waals surface area contributed by atoms with E-state index in [2.05, 4.69) is 4.98 Å². The van der Waals surface area contributed by atoms with Gasteiger partial charge in [-0.1, -0.05) is 32.0 Å². The topological polar surface area (TPSA) is 65.1 Å². The molecule has 1 aromatic carbocycles. The van der Waals surface area contributed by atoms with Crippen molar-refractivity contribution < 1.29 is 9.21 Å². The third-order valence-corrected chi connectivity index (χ3v) is 4.02.